The van der Waals surface area contributed by atoms with Crippen LogP contribution in [-0.4, -0.2) is 87.5 Å². The largest absolute Gasteiger partial charge is 0.394 e. The van der Waals surface area contributed by atoms with Crippen LogP contribution >= 0.6 is 0 Å². The van der Waals surface area contributed by atoms with Gasteiger partial charge in [-0.1, -0.05) is 385 Å². The molecule has 0 radical (unpaired) electrons. The molecule has 0 bridgehead atoms. The maximum absolute atomic E-state index is 13.2. The summed E-state index contributed by atoms with van der Waals surface area (Å²) in [6.07, 6.45) is 82.9. The van der Waals surface area contributed by atoms with Crippen LogP contribution < -0.4 is 5.32 Å². The summed E-state index contributed by atoms with van der Waals surface area (Å²) >= 11 is 0. The topological polar surface area (TPSA) is 149 Å². The molecule has 9 heteroatoms. The quantitative estimate of drug-likeness (QED) is 0.0261. The number of carbonyl (C=O) groups is 1. The van der Waals surface area contributed by atoms with E-state index in [0.717, 1.165) is 44.9 Å². The lowest BCUT2D eigenvalue weighted by Gasteiger charge is -2.40. The van der Waals surface area contributed by atoms with Crippen molar-refractivity contribution >= 4 is 5.91 Å². The van der Waals surface area contributed by atoms with Gasteiger partial charge in [0.15, 0.2) is 6.29 Å². The predicted octanol–water partition coefficient (Wildman–Crippen LogP) is 22.0. The number of ether oxygens (including phenoxy) is 2. The van der Waals surface area contributed by atoms with Crippen LogP contribution in [0.2, 0.25) is 0 Å². The van der Waals surface area contributed by atoms with Gasteiger partial charge >= 0.3 is 0 Å². The maximum Gasteiger partial charge on any atom is 0.220 e. The second-order valence-electron chi connectivity index (χ2n) is 27.5. The van der Waals surface area contributed by atoms with Crippen molar-refractivity contribution in [3.8, 4) is 0 Å². The standard InChI is InChI=1S/C78H151NO8/c1-3-5-7-9-11-13-15-17-19-21-23-25-27-28-29-30-31-32-33-34-35-36-37-38-39-40-41-42-43-44-46-48-50-52-54-56-58-60-62-64-66-68-74(82)79-71(70-86-78-77(85)76(84)75(83)73(69-80)87-78)72(81)67-65-63-61-59-57-55-53-51-49-47-45-26-24-22-20-18-16-14-12-10-8-6-4-2/h15,17,21,23,71-73,75-78,80-81,83-85H,3-14,16,18-20,22,24-70H2,1-2H3,(H,79,82)/b17-15-,23-21-. The maximum atomic E-state index is 13.2. The van der Waals surface area contributed by atoms with Crippen molar-refractivity contribution in [3.05, 3.63) is 24.3 Å². The number of nitrogens with one attached hydrogen (secondary N) is 1. The van der Waals surface area contributed by atoms with Crippen LogP contribution in [0.25, 0.3) is 0 Å². The molecule has 0 aliphatic carbocycles. The van der Waals surface area contributed by atoms with Gasteiger partial charge in [-0.15, -0.1) is 0 Å². The van der Waals surface area contributed by atoms with E-state index in [-0.39, 0.29) is 12.5 Å². The number of rotatable bonds is 70. The monoisotopic (exact) mass is 1230 g/mol. The van der Waals surface area contributed by atoms with Crippen LogP contribution in [0.3, 0.4) is 0 Å². The molecule has 1 aliphatic heterocycles. The molecule has 0 aromatic rings. The first-order valence-corrected chi connectivity index (χ1v) is 39.0. The molecule has 0 aromatic carbocycles. The van der Waals surface area contributed by atoms with Gasteiger partial charge in [0, 0.05) is 6.42 Å². The Morgan fingerprint density at radius 1 is 0.391 bits per heavy atom. The number of allylic oxidation sites excluding steroid dienone is 4. The van der Waals surface area contributed by atoms with Gasteiger partial charge in [-0.05, 0) is 44.9 Å². The molecule has 0 saturated carbocycles. The first-order valence-electron chi connectivity index (χ1n) is 39.0. The van der Waals surface area contributed by atoms with Gasteiger partial charge in [0.2, 0.25) is 5.91 Å². The van der Waals surface area contributed by atoms with Gasteiger partial charge in [0.05, 0.1) is 25.4 Å². The number of aliphatic hydroxyl groups is 5. The summed E-state index contributed by atoms with van der Waals surface area (Å²) in [7, 11) is 0. The summed E-state index contributed by atoms with van der Waals surface area (Å²) in [5.41, 5.74) is 0. The first kappa shape index (κ1) is 83.7. The average molecular weight is 1230 g/mol. The van der Waals surface area contributed by atoms with Crippen molar-refractivity contribution in [3.63, 3.8) is 0 Å². The van der Waals surface area contributed by atoms with E-state index in [9.17, 15) is 30.3 Å². The molecule has 1 amide bonds. The smallest absolute Gasteiger partial charge is 0.220 e. The van der Waals surface area contributed by atoms with Crippen LogP contribution in [0.15, 0.2) is 24.3 Å². The molecule has 1 fully saturated rings. The minimum atomic E-state index is -1.55. The molecule has 0 aromatic heterocycles. The lowest BCUT2D eigenvalue weighted by atomic mass is 9.99. The highest BCUT2D eigenvalue weighted by molar-refractivity contribution is 5.76. The molecule has 9 nitrogen and oxygen atoms in total. The third kappa shape index (κ3) is 56.0. The van der Waals surface area contributed by atoms with Gasteiger partial charge in [-0.25, -0.2) is 0 Å². The second-order valence-corrected chi connectivity index (χ2v) is 27.5. The third-order valence-corrected chi connectivity index (χ3v) is 19.1. The van der Waals surface area contributed by atoms with Crippen molar-refractivity contribution in [2.75, 3.05) is 13.2 Å². The molecule has 1 aliphatic rings. The van der Waals surface area contributed by atoms with Crippen molar-refractivity contribution < 1.29 is 39.8 Å². The Balaban J connectivity index is 2.01. The van der Waals surface area contributed by atoms with E-state index in [2.05, 4.69) is 43.5 Å². The van der Waals surface area contributed by atoms with Gasteiger partial charge in [0.25, 0.3) is 0 Å². The summed E-state index contributed by atoms with van der Waals surface area (Å²) in [4.78, 5) is 13.2. The Hall–Kier alpha value is -1.33. The fourth-order valence-electron chi connectivity index (χ4n) is 13.0. The summed E-state index contributed by atoms with van der Waals surface area (Å²) < 4.78 is 11.4. The second kappa shape index (κ2) is 67.6. The lowest BCUT2D eigenvalue weighted by molar-refractivity contribution is -0.302. The normalized spacial score (nSPS) is 18.0. The Kier molecular flexibility index (Phi) is 65.0. The molecule has 1 saturated heterocycles. The molecule has 7 atom stereocenters. The van der Waals surface area contributed by atoms with Crippen LogP contribution in [0.1, 0.15) is 412 Å². The fourth-order valence-corrected chi connectivity index (χ4v) is 13.0. The highest BCUT2D eigenvalue weighted by Gasteiger charge is 2.44. The predicted molar refractivity (Wildman–Crippen MR) is 374 cm³/mol. The zero-order chi connectivity index (χ0) is 62.8. The molecular weight excluding hydrogens is 1080 g/mol. The molecule has 7 unspecified atom stereocenters. The first-order chi connectivity index (χ1) is 42.8. The molecule has 1 heterocycles. The van der Waals surface area contributed by atoms with Gasteiger partial charge in [-0.2, -0.15) is 0 Å². The van der Waals surface area contributed by atoms with Crippen LogP contribution in [0.5, 0.6) is 0 Å². The van der Waals surface area contributed by atoms with Crippen LogP contribution in [0, 0.1) is 0 Å². The van der Waals surface area contributed by atoms with Crippen LogP contribution in [-0.2, 0) is 14.3 Å². The Bertz CT molecular complexity index is 1430. The van der Waals surface area contributed by atoms with Gasteiger partial charge < -0.3 is 40.3 Å². The molecule has 516 valence electrons. The van der Waals surface area contributed by atoms with Gasteiger partial charge in [0.1, 0.15) is 24.4 Å². The zero-order valence-corrected chi connectivity index (χ0v) is 58.1. The van der Waals surface area contributed by atoms with E-state index < -0.39 is 49.5 Å². The average Bonchev–Trinajstić information content (AvgIpc) is 3.47. The van der Waals surface area contributed by atoms with Crippen molar-refractivity contribution in [1.29, 1.82) is 0 Å². The van der Waals surface area contributed by atoms with Crippen molar-refractivity contribution in [1.82, 2.24) is 5.32 Å². The lowest BCUT2D eigenvalue weighted by Crippen LogP contribution is -2.60. The number of hydrogen-bond donors (Lipinski definition) is 6. The highest BCUT2D eigenvalue weighted by Crippen LogP contribution is 2.24. The number of hydrogen-bond acceptors (Lipinski definition) is 8. The Morgan fingerprint density at radius 2 is 0.678 bits per heavy atom. The van der Waals surface area contributed by atoms with E-state index in [1.54, 1.807) is 0 Å². The number of carbonyl (C=O) groups excluding carboxylic acids is 1. The number of aliphatic hydroxyl groups excluding tert-OH is 5. The summed E-state index contributed by atoms with van der Waals surface area (Å²) in [5, 5.41) is 55.0. The SMILES string of the molecule is CCCCCCC/C=C\C/C=C\CCCCCCCCCCCCCCCCCCCCCCCCCCCCCCCC(=O)NC(COC1OC(CO)C(O)C(O)C1O)C(O)CCCCCCCCCCCCCCCCCCCCCCCCC. The van der Waals surface area contributed by atoms with E-state index in [0.29, 0.717) is 12.8 Å². The molecule has 1 rings (SSSR count). The Morgan fingerprint density at radius 3 is 0.989 bits per heavy atom. The van der Waals surface area contributed by atoms with E-state index in [1.807, 2.05) is 0 Å². The molecular formula is C78H151NO8. The summed E-state index contributed by atoms with van der Waals surface area (Å²) in [6.45, 7) is 3.89. The molecule has 6 N–H and O–H groups in total. The van der Waals surface area contributed by atoms with Gasteiger partial charge in [-0.3, -0.25) is 4.79 Å². The minimum Gasteiger partial charge on any atom is -0.394 e. The minimum absolute atomic E-state index is 0.132. The van der Waals surface area contributed by atoms with Crippen molar-refractivity contribution in [2.45, 2.75) is 455 Å². The Labute approximate surface area is 540 Å². The van der Waals surface area contributed by atoms with E-state index in [4.69, 9.17) is 9.47 Å². The third-order valence-electron chi connectivity index (χ3n) is 19.1. The highest BCUT2D eigenvalue weighted by atomic mass is 16.7. The summed E-state index contributed by atoms with van der Waals surface area (Å²) in [6, 6.07) is -0.717. The number of unbranched alkanes of at least 4 members (excludes halogenated alkanes) is 56. The van der Waals surface area contributed by atoms with Crippen LogP contribution in [0.4, 0.5) is 0 Å². The van der Waals surface area contributed by atoms with E-state index in [1.165, 1.54) is 340 Å². The number of amides is 1. The summed E-state index contributed by atoms with van der Waals surface area (Å²) in [5.74, 6) is -0.134. The van der Waals surface area contributed by atoms with Crippen molar-refractivity contribution in [2.24, 2.45) is 0 Å². The molecule has 0 spiro atoms. The fraction of sp³-hybridized carbons (Fsp3) is 0.936. The van der Waals surface area contributed by atoms with E-state index >= 15 is 0 Å². The molecule has 87 heavy (non-hydrogen) atoms. The zero-order valence-electron chi connectivity index (χ0n) is 58.1.